The molecular formula is C35H38Cl3NO4. The zero-order chi connectivity index (χ0) is 29.0. The maximum absolute atomic E-state index is 6.38. The number of piperidine rings is 1. The van der Waals surface area contributed by atoms with Crippen molar-refractivity contribution in [3.05, 3.63) is 130 Å². The van der Waals surface area contributed by atoms with Crippen molar-refractivity contribution >= 4 is 41.3 Å². The first-order chi connectivity index (χ1) is 20.6. The lowest BCUT2D eigenvalue weighted by molar-refractivity contribution is -0.0385. The fraction of sp³-hybridized carbons (Fsp3) is 0.314. The van der Waals surface area contributed by atoms with E-state index < -0.39 is 0 Å². The molecule has 0 bridgehead atoms. The van der Waals surface area contributed by atoms with Crippen LogP contribution in [0.2, 0.25) is 10.0 Å². The molecule has 0 aliphatic carbocycles. The molecule has 5 nitrogen and oxygen atoms in total. The van der Waals surface area contributed by atoms with E-state index in [9.17, 15) is 0 Å². The Kier molecular flexibility index (Phi) is 13.5. The zero-order valence-electron chi connectivity index (χ0n) is 24.1. The summed E-state index contributed by atoms with van der Waals surface area (Å²) in [4.78, 5) is 2.34. The fourth-order valence-corrected chi connectivity index (χ4v) is 5.17. The maximum Gasteiger partial charge on any atom is 0.119 e. The summed E-state index contributed by atoms with van der Waals surface area (Å²) in [6.45, 7) is 4.53. The van der Waals surface area contributed by atoms with Crippen molar-refractivity contribution in [1.82, 2.24) is 0 Å². The Bertz CT molecular complexity index is 1280. The number of anilines is 1. The molecule has 2 unspecified atom stereocenters. The van der Waals surface area contributed by atoms with Gasteiger partial charge in [-0.05, 0) is 65.2 Å². The topological polar surface area (TPSA) is 40.2 Å². The van der Waals surface area contributed by atoms with E-state index >= 15 is 0 Å². The highest BCUT2D eigenvalue weighted by molar-refractivity contribution is 6.30. The molecule has 43 heavy (non-hydrogen) atoms. The van der Waals surface area contributed by atoms with Crippen LogP contribution in [0, 0.1) is 0 Å². The summed E-state index contributed by atoms with van der Waals surface area (Å²) in [5.74, 6) is 0.852. The van der Waals surface area contributed by atoms with Gasteiger partial charge in [0.15, 0.2) is 0 Å². The normalized spacial score (nSPS) is 16.5. The molecule has 4 aromatic rings. The van der Waals surface area contributed by atoms with Gasteiger partial charge in [-0.1, -0.05) is 77.8 Å². The second kappa shape index (κ2) is 17.5. The molecule has 1 heterocycles. The summed E-state index contributed by atoms with van der Waals surface area (Å²) in [7, 11) is 0. The lowest BCUT2D eigenvalue weighted by atomic mass is 10.0. The van der Waals surface area contributed by atoms with Gasteiger partial charge in [-0.3, -0.25) is 0 Å². The standard InChI is InChI=1S/C35H37Cl2NO4.ClH/c36-30-11-7-28(8-12-30)25-41-34-21-35(42-26-29-9-13-31(37)14-10-29)23-38(22-34)32-15-17-33(18-16-32)40-20-4-19-39-24-27-5-2-1-3-6-27;/h1-3,5-18,34-35H,4,19-26H2;1H. The molecule has 1 aliphatic heterocycles. The molecule has 1 fully saturated rings. The SMILES string of the molecule is Cl.Clc1ccc(COC2CC(OCc3ccc(Cl)cc3)CN(c3ccc(OCCCOCc4ccccc4)cc3)C2)cc1. The Morgan fingerprint density at radius 3 is 1.70 bits per heavy atom. The minimum atomic E-state index is 0. The van der Waals surface area contributed by atoms with Crippen LogP contribution in [-0.4, -0.2) is 38.5 Å². The van der Waals surface area contributed by atoms with Crippen molar-refractivity contribution < 1.29 is 18.9 Å². The predicted molar refractivity (Wildman–Crippen MR) is 177 cm³/mol. The number of benzene rings is 4. The Labute approximate surface area is 271 Å². The Morgan fingerprint density at radius 2 is 1.14 bits per heavy atom. The van der Waals surface area contributed by atoms with E-state index in [-0.39, 0.29) is 24.6 Å². The molecular weight excluding hydrogens is 605 g/mol. The molecule has 228 valence electrons. The molecule has 5 rings (SSSR count). The van der Waals surface area contributed by atoms with Crippen LogP contribution < -0.4 is 9.64 Å². The van der Waals surface area contributed by atoms with E-state index in [1.165, 1.54) is 5.56 Å². The quantitative estimate of drug-likeness (QED) is 0.129. The summed E-state index contributed by atoms with van der Waals surface area (Å²) in [6, 6.07) is 34.1. The summed E-state index contributed by atoms with van der Waals surface area (Å²) in [5, 5.41) is 1.45. The van der Waals surface area contributed by atoms with Crippen molar-refractivity contribution in [2.45, 2.75) is 44.9 Å². The second-order valence-corrected chi connectivity index (χ2v) is 11.4. The minimum absolute atomic E-state index is 0. The van der Waals surface area contributed by atoms with Crippen LogP contribution >= 0.6 is 35.6 Å². The highest BCUT2D eigenvalue weighted by Gasteiger charge is 2.29. The zero-order valence-corrected chi connectivity index (χ0v) is 26.4. The van der Waals surface area contributed by atoms with Gasteiger partial charge < -0.3 is 23.8 Å². The van der Waals surface area contributed by atoms with Gasteiger partial charge in [-0.2, -0.15) is 0 Å². The Hall–Kier alpha value is -2.77. The van der Waals surface area contributed by atoms with Gasteiger partial charge in [-0.15, -0.1) is 12.4 Å². The predicted octanol–water partition coefficient (Wildman–Crippen LogP) is 8.78. The molecule has 0 radical (unpaired) electrons. The third-order valence-electron chi connectivity index (χ3n) is 7.19. The average Bonchev–Trinajstić information content (AvgIpc) is 3.03. The maximum atomic E-state index is 6.38. The smallest absolute Gasteiger partial charge is 0.119 e. The first kappa shape index (κ1) is 33.1. The highest BCUT2D eigenvalue weighted by atomic mass is 35.5. The van der Waals surface area contributed by atoms with E-state index in [1.807, 2.05) is 78.9 Å². The second-order valence-electron chi connectivity index (χ2n) is 10.5. The van der Waals surface area contributed by atoms with Crippen LogP contribution in [0.15, 0.2) is 103 Å². The molecule has 0 N–H and O–H groups in total. The van der Waals surface area contributed by atoms with Crippen LogP contribution in [0.1, 0.15) is 29.5 Å². The lowest BCUT2D eigenvalue weighted by Crippen LogP contribution is -2.47. The number of nitrogens with zero attached hydrogens (tertiary/aromatic N) is 1. The van der Waals surface area contributed by atoms with Gasteiger partial charge in [0.05, 0.1) is 45.2 Å². The minimum Gasteiger partial charge on any atom is -0.494 e. The van der Waals surface area contributed by atoms with Crippen LogP contribution in [0.4, 0.5) is 5.69 Å². The van der Waals surface area contributed by atoms with Crippen LogP contribution in [0.25, 0.3) is 0 Å². The number of halogens is 3. The van der Waals surface area contributed by atoms with Gasteiger partial charge in [0.25, 0.3) is 0 Å². The van der Waals surface area contributed by atoms with Crippen molar-refractivity contribution in [2.75, 3.05) is 31.2 Å². The lowest BCUT2D eigenvalue weighted by Gasteiger charge is -2.39. The number of hydrogen-bond acceptors (Lipinski definition) is 5. The van der Waals surface area contributed by atoms with Gasteiger partial charge >= 0.3 is 0 Å². The summed E-state index contributed by atoms with van der Waals surface area (Å²) in [6.07, 6.45) is 1.71. The van der Waals surface area contributed by atoms with Crippen molar-refractivity contribution in [3.8, 4) is 5.75 Å². The Balaban J connectivity index is 0.00000423. The summed E-state index contributed by atoms with van der Waals surface area (Å²) < 4.78 is 24.5. The van der Waals surface area contributed by atoms with E-state index in [4.69, 9.17) is 42.1 Å². The molecule has 1 aliphatic rings. The number of rotatable bonds is 14. The largest absolute Gasteiger partial charge is 0.494 e. The van der Waals surface area contributed by atoms with Crippen LogP contribution in [0.3, 0.4) is 0 Å². The van der Waals surface area contributed by atoms with Crippen LogP contribution in [-0.2, 0) is 34.0 Å². The third-order valence-corrected chi connectivity index (χ3v) is 7.69. The molecule has 2 atom stereocenters. The number of hydrogen-bond donors (Lipinski definition) is 0. The van der Waals surface area contributed by atoms with E-state index in [2.05, 4.69) is 29.2 Å². The van der Waals surface area contributed by atoms with Crippen molar-refractivity contribution in [1.29, 1.82) is 0 Å². The first-order valence-corrected chi connectivity index (χ1v) is 15.2. The molecule has 0 saturated carbocycles. The number of ether oxygens (including phenoxy) is 4. The molecule has 0 spiro atoms. The van der Waals surface area contributed by atoms with Crippen molar-refractivity contribution in [2.24, 2.45) is 0 Å². The first-order valence-electron chi connectivity index (χ1n) is 14.4. The van der Waals surface area contributed by atoms with E-state index in [1.54, 1.807) is 0 Å². The van der Waals surface area contributed by atoms with E-state index in [0.717, 1.165) is 58.5 Å². The van der Waals surface area contributed by atoms with Crippen LogP contribution in [0.5, 0.6) is 5.75 Å². The third kappa shape index (κ3) is 11.0. The monoisotopic (exact) mass is 641 g/mol. The fourth-order valence-electron chi connectivity index (χ4n) is 4.92. The van der Waals surface area contributed by atoms with E-state index in [0.29, 0.717) is 33.0 Å². The van der Waals surface area contributed by atoms with Crippen molar-refractivity contribution in [3.63, 3.8) is 0 Å². The summed E-state index contributed by atoms with van der Waals surface area (Å²) in [5.41, 5.74) is 4.50. The molecule has 0 aromatic heterocycles. The molecule has 4 aromatic carbocycles. The summed E-state index contributed by atoms with van der Waals surface area (Å²) >= 11 is 12.1. The van der Waals surface area contributed by atoms with Gasteiger partial charge in [-0.25, -0.2) is 0 Å². The van der Waals surface area contributed by atoms with Gasteiger partial charge in [0, 0.05) is 41.7 Å². The average molecular weight is 643 g/mol. The van der Waals surface area contributed by atoms with Gasteiger partial charge in [0.1, 0.15) is 5.75 Å². The van der Waals surface area contributed by atoms with Gasteiger partial charge in [0.2, 0.25) is 0 Å². The highest BCUT2D eigenvalue weighted by Crippen LogP contribution is 2.27. The molecule has 1 saturated heterocycles. The molecule has 8 heteroatoms. The Morgan fingerprint density at radius 1 is 0.605 bits per heavy atom. The molecule has 0 amide bonds.